The maximum absolute atomic E-state index is 12.5. The van der Waals surface area contributed by atoms with Gasteiger partial charge in [0, 0.05) is 45.0 Å². The predicted octanol–water partition coefficient (Wildman–Crippen LogP) is 2.95. The van der Waals surface area contributed by atoms with Crippen LogP contribution in [0.1, 0.15) is 21.7 Å². The van der Waals surface area contributed by atoms with Crippen LogP contribution in [0.25, 0.3) is 0 Å². The van der Waals surface area contributed by atoms with E-state index in [0.29, 0.717) is 17.1 Å². The molecule has 1 amide bonds. The van der Waals surface area contributed by atoms with Crippen molar-refractivity contribution in [3.63, 3.8) is 0 Å². The van der Waals surface area contributed by atoms with Gasteiger partial charge in [-0.3, -0.25) is 14.7 Å². The molecule has 0 spiro atoms. The van der Waals surface area contributed by atoms with Crippen molar-refractivity contribution in [2.45, 2.75) is 13.5 Å². The second-order valence-corrected chi connectivity index (χ2v) is 6.96. The molecule has 1 N–H and O–H groups in total. The highest BCUT2D eigenvalue weighted by atomic mass is 16.5. The second kappa shape index (κ2) is 8.22. The van der Waals surface area contributed by atoms with E-state index in [-0.39, 0.29) is 5.91 Å². The summed E-state index contributed by atoms with van der Waals surface area (Å²) < 4.78 is 4.98. The summed E-state index contributed by atoms with van der Waals surface area (Å²) >= 11 is 0. The van der Waals surface area contributed by atoms with E-state index >= 15 is 0 Å². The van der Waals surface area contributed by atoms with E-state index < -0.39 is 0 Å². The van der Waals surface area contributed by atoms with E-state index in [4.69, 9.17) is 4.52 Å². The third-order valence-corrected chi connectivity index (χ3v) is 4.84. The molecule has 7 nitrogen and oxygen atoms in total. The van der Waals surface area contributed by atoms with Gasteiger partial charge >= 0.3 is 0 Å². The van der Waals surface area contributed by atoms with E-state index in [9.17, 15) is 4.79 Å². The van der Waals surface area contributed by atoms with Gasteiger partial charge in [0.1, 0.15) is 5.76 Å². The number of nitrogens with one attached hydrogen (secondary N) is 1. The second-order valence-electron chi connectivity index (χ2n) is 6.96. The van der Waals surface area contributed by atoms with Crippen molar-refractivity contribution < 1.29 is 9.32 Å². The number of aromatic nitrogens is 2. The third kappa shape index (κ3) is 4.37. The van der Waals surface area contributed by atoms with Crippen LogP contribution in [-0.4, -0.2) is 47.1 Å². The Bertz CT molecular complexity index is 933. The maximum atomic E-state index is 12.5. The summed E-state index contributed by atoms with van der Waals surface area (Å²) in [6, 6.07) is 14.1. The molecule has 0 unspecified atom stereocenters. The smallest absolute Gasteiger partial charge is 0.258 e. The fourth-order valence-electron chi connectivity index (χ4n) is 3.34. The molecule has 3 aromatic rings. The fraction of sp³-hybridized carbons (Fsp3) is 0.286. The lowest BCUT2D eigenvalue weighted by atomic mass is 10.2. The number of piperazine rings is 1. The number of amides is 1. The molecule has 144 valence electrons. The van der Waals surface area contributed by atoms with Crippen LogP contribution in [0.15, 0.2) is 59.4 Å². The third-order valence-electron chi connectivity index (χ3n) is 4.84. The summed E-state index contributed by atoms with van der Waals surface area (Å²) in [6.45, 7) is 6.51. The van der Waals surface area contributed by atoms with Crippen molar-refractivity contribution >= 4 is 17.4 Å². The predicted molar refractivity (Wildman–Crippen MR) is 107 cm³/mol. The normalized spacial score (nSPS) is 14.8. The van der Waals surface area contributed by atoms with Crippen LogP contribution in [0, 0.1) is 6.92 Å². The molecular formula is C21H23N5O2. The first-order chi connectivity index (χ1) is 13.7. The lowest BCUT2D eigenvalue weighted by molar-refractivity contribution is 0.102. The van der Waals surface area contributed by atoms with E-state index in [0.717, 1.165) is 38.4 Å². The minimum absolute atomic E-state index is 0.245. The fourth-order valence-corrected chi connectivity index (χ4v) is 3.34. The Kier molecular flexibility index (Phi) is 5.34. The number of anilines is 2. The van der Waals surface area contributed by atoms with Crippen molar-refractivity contribution in [2.24, 2.45) is 0 Å². The van der Waals surface area contributed by atoms with Crippen molar-refractivity contribution in [3.8, 4) is 0 Å². The minimum atomic E-state index is -0.245. The van der Waals surface area contributed by atoms with Crippen LogP contribution in [-0.2, 0) is 6.54 Å². The standard InChI is InChI=1S/C21H23N5O2/c1-16-11-20(24-28-16)23-21(27)18-12-19(14-22-13-18)26-9-7-25(8-10-26)15-17-5-3-2-4-6-17/h2-6,11-14H,7-10,15H2,1H3,(H,23,24,27). The number of pyridine rings is 1. The molecule has 1 aliphatic heterocycles. The van der Waals surface area contributed by atoms with Crippen LogP contribution < -0.4 is 10.2 Å². The Morgan fingerprint density at radius 3 is 2.61 bits per heavy atom. The number of aryl methyl sites for hydroxylation is 1. The van der Waals surface area contributed by atoms with Crippen LogP contribution in [0.3, 0.4) is 0 Å². The van der Waals surface area contributed by atoms with Crippen LogP contribution in [0.5, 0.6) is 0 Å². The van der Waals surface area contributed by atoms with Gasteiger partial charge in [0.15, 0.2) is 5.82 Å². The summed E-state index contributed by atoms with van der Waals surface area (Å²) in [6.07, 6.45) is 3.38. The van der Waals surface area contributed by atoms with Gasteiger partial charge in [-0.1, -0.05) is 35.5 Å². The van der Waals surface area contributed by atoms with Crippen molar-refractivity contribution in [1.29, 1.82) is 0 Å². The molecule has 0 saturated carbocycles. The molecule has 0 aliphatic carbocycles. The number of carbonyl (C=O) groups is 1. The van der Waals surface area contributed by atoms with E-state index in [1.807, 2.05) is 18.3 Å². The number of hydrogen-bond donors (Lipinski definition) is 1. The summed E-state index contributed by atoms with van der Waals surface area (Å²) in [7, 11) is 0. The Labute approximate surface area is 164 Å². The summed E-state index contributed by atoms with van der Waals surface area (Å²) in [5.74, 6) is 0.809. The average molecular weight is 377 g/mol. The molecule has 0 radical (unpaired) electrons. The van der Waals surface area contributed by atoms with Crippen molar-refractivity contribution in [3.05, 3.63) is 71.7 Å². The zero-order chi connectivity index (χ0) is 19.3. The van der Waals surface area contributed by atoms with Gasteiger partial charge in [0.05, 0.1) is 17.4 Å². The molecule has 7 heteroatoms. The highest BCUT2D eigenvalue weighted by Gasteiger charge is 2.19. The Morgan fingerprint density at radius 2 is 1.89 bits per heavy atom. The lowest BCUT2D eigenvalue weighted by Gasteiger charge is -2.36. The SMILES string of the molecule is Cc1cc(NC(=O)c2cncc(N3CCN(Cc4ccccc4)CC3)c2)no1. The van der Waals surface area contributed by atoms with E-state index in [1.54, 1.807) is 19.2 Å². The van der Waals surface area contributed by atoms with Gasteiger partial charge in [-0.25, -0.2) is 0 Å². The number of carbonyl (C=O) groups excluding carboxylic acids is 1. The van der Waals surface area contributed by atoms with Gasteiger partial charge in [-0.15, -0.1) is 0 Å². The van der Waals surface area contributed by atoms with Crippen LogP contribution in [0.2, 0.25) is 0 Å². The molecule has 1 aliphatic rings. The molecule has 0 bridgehead atoms. The maximum Gasteiger partial charge on any atom is 0.258 e. The number of rotatable bonds is 5. The van der Waals surface area contributed by atoms with E-state index in [2.05, 4.69) is 49.5 Å². The molecule has 1 saturated heterocycles. The average Bonchev–Trinajstić information content (AvgIpc) is 3.14. The monoisotopic (exact) mass is 377 g/mol. The number of benzene rings is 1. The number of hydrogen-bond acceptors (Lipinski definition) is 6. The van der Waals surface area contributed by atoms with Crippen molar-refractivity contribution in [1.82, 2.24) is 15.0 Å². The zero-order valence-corrected chi connectivity index (χ0v) is 15.8. The van der Waals surface area contributed by atoms with E-state index in [1.165, 1.54) is 5.56 Å². The van der Waals surface area contributed by atoms with Crippen LogP contribution >= 0.6 is 0 Å². The van der Waals surface area contributed by atoms with Gasteiger partial charge in [-0.2, -0.15) is 0 Å². The summed E-state index contributed by atoms with van der Waals surface area (Å²) in [4.78, 5) is 21.4. The number of nitrogens with zero attached hydrogens (tertiary/aromatic N) is 4. The topological polar surface area (TPSA) is 74.5 Å². The van der Waals surface area contributed by atoms with Crippen LogP contribution in [0.4, 0.5) is 11.5 Å². The molecule has 0 atom stereocenters. The molecule has 1 fully saturated rings. The van der Waals surface area contributed by atoms with Gasteiger partial charge < -0.3 is 14.7 Å². The molecule has 28 heavy (non-hydrogen) atoms. The molecule has 2 aromatic heterocycles. The molecule has 1 aromatic carbocycles. The van der Waals surface area contributed by atoms with Gasteiger partial charge in [0.25, 0.3) is 5.91 Å². The molecular weight excluding hydrogens is 354 g/mol. The quantitative estimate of drug-likeness (QED) is 0.737. The summed E-state index contributed by atoms with van der Waals surface area (Å²) in [5, 5.41) is 6.53. The minimum Gasteiger partial charge on any atom is -0.368 e. The Hall–Kier alpha value is -3.19. The highest BCUT2D eigenvalue weighted by Crippen LogP contribution is 2.19. The zero-order valence-electron chi connectivity index (χ0n) is 15.8. The van der Waals surface area contributed by atoms with Gasteiger partial charge in [0.2, 0.25) is 0 Å². The Morgan fingerprint density at radius 1 is 1.11 bits per heavy atom. The van der Waals surface area contributed by atoms with Crippen molar-refractivity contribution in [2.75, 3.05) is 36.4 Å². The summed E-state index contributed by atoms with van der Waals surface area (Å²) in [5.41, 5.74) is 2.80. The first-order valence-corrected chi connectivity index (χ1v) is 9.38. The first-order valence-electron chi connectivity index (χ1n) is 9.38. The largest absolute Gasteiger partial charge is 0.368 e. The lowest BCUT2D eigenvalue weighted by Crippen LogP contribution is -2.46. The molecule has 4 rings (SSSR count). The van der Waals surface area contributed by atoms with Gasteiger partial charge in [-0.05, 0) is 18.6 Å². The molecule has 3 heterocycles. The highest BCUT2D eigenvalue weighted by molar-refractivity contribution is 6.04. The Balaban J connectivity index is 1.36. The first kappa shape index (κ1) is 18.2.